The van der Waals surface area contributed by atoms with Crippen molar-refractivity contribution in [3.63, 3.8) is 0 Å². The van der Waals surface area contributed by atoms with E-state index in [1.54, 1.807) is 0 Å². The van der Waals surface area contributed by atoms with Gasteiger partial charge in [0, 0.05) is 19.5 Å². The second-order valence-electron chi connectivity index (χ2n) is 14.6. The molecule has 4 heteroatoms. The minimum Gasteiger partial charge on any atom is -0.466 e. The molecule has 4 nitrogen and oxygen atoms in total. The molecule has 0 amide bonds. The molecular formula is C42H86N2O2. The lowest BCUT2D eigenvalue weighted by molar-refractivity contribution is -0.143. The average Bonchev–Trinajstić information content (AvgIpc) is 3.06. The van der Waals surface area contributed by atoms with Crippen LogP contribution in [0.15, 0.2) is 0 Å². The fourth-order valence-electron chi connectivity index (χ4n) is 6.86. The van der Waals surface area contributed by atoms with Gasteiger partial charge >= 0.3 is 5.97 Å². The fraction of sp³-hybridized carbons (Fsp3) is 0.976. The Hall–Kier alpha value is -0.610. The zero-order valence-corrected chi connectivity index (χ0v) is 32.3. The highest BCUT2D eigenvalue weighted by Gasteiger charge is 2.10. The topological polar surface area (TPSA) is 41.6 Å². The molecule has 0 fully saturated rings. The molecule has 276 valence electrons. The summed E-state index contributed by atoms with van der Waals surface area (Å²) in [5.74, 6) is 1.00. The molecular weight excluding hydrogens is 564 g/mol. The van der Waals surface area contributed by atoms with E-state index in [0.717, 1.165) is 31.7 Å². The van der Waals surface area contributed by atoms with E-state index in [0.29, 0.717) is 13.0 Å². The number of esters is 1. The third kappa shape index (κ3) is 34.7. The van der Waals surface area contributed by atoms with Gasteiger partial charge in [0.2, 0.25) is 0 Å². The van der Waals surface area contributed by atoms with Crippen molar-refractivity contribution >= 4 is 5.97 Å². The van der Waals surface area contributed by atoms with Crippen molar-refractivity contribution < 1.29 is 9.53 Å². The number of hydrogen-bond donors (Lipinski definition) is 1. The quantitative estimate of drug-likeness (QED) is 0.0531. The highest BCUT2D eigenvalue weighted by molar-refractivity contribution is 5.69. The SMILES string of the molecule is CCCCCCCCC(CCCCCCCC)CCCCCCCN(CCCCCCCC(=O)OCCCCCCC)CCNC. The molecule has 0 rings (SSSR count). The van der Waals surface area contributed by atoms with Crippen molar-refractivity contribution in [3.05, 3.63) is 0 Å². The van der Waals surface area contributed by atoms with Crippen molar-refractivity contribution in [3.8, 4) is 0 Å². The summed E-state index contributed by atoms with van der Waals surface area (Å²) in [5, 5.41) is 3.35. The van der Waals surface area contributed by atoms with Crippen molar-refractivity contribution in [2.24, 2.45) is 5.92 Å². The molecule has 0 aromatic rings. The van der Waals surface area contributed by atoms with Gasteiger partial charge in [-0.15, -0.1) is 0 Å². The van der Waals surface area contributed by atoms with Crippen molar-refractivity contribution in [2.45, 2.75) is 220 Å². The van der Waals surface area contributed by atoms with E-state index in [-0.39, 0.29) is 5.97 Å². The average molecular weight is 651 g/mol. The molecule has 0 bridgehead atoms. The molecule has 0 unspecified atom stereocenters. The summed E-state index contributed by atoms with van der Waals surface area (Å²) < 4.78 is 5.40. The Morgan fingerprint density at radius 3 is 1.35 bits per heavy atom. The Labute approximate surface area is 290 Å². The van der Waals surface area contributed by atoms with E-state index in [1.165, 1.54) is 193 Å². The van der Waals surface area contributed by atoms with Crippen molar-refractivity contribution in [1.29, 1.82) is 0 Å². The monoisotopic (exact) mass is 651 g/mol. The lowest BCUT2D eigenvalue weighted by Crippen LogP contribution is -2.32. The molecule has 0 aliphatic carbocycles. The van der Waals surface area contributed by atoms with Crippen LogP contribution in [0.1, 0.15) is 220 Å². The molecule has 46 heavy (non-hydrogen) atoms. The molecule has 0 radical (unpaired) electrons. The predicted octanol–water partition coefficient (Wildman–Crippen LogP) is 12.8. The highest BCUT2D eigenvalue weighted by Crippen LogP contribution is 2.25. The first-order valence-corrected chi connectivity index (χ1v) is 21.2. The largest absolute Gasteiger partial charge is 0.466 e. The van der Waals surface area contributed by atoms with Crippen molar-refractivity contribution in [1.82, 2.24) is 10.2 Å². The molecule has 0 atom stereocenters. The standard InChI is InChI=1S/C42H86N2O2/c1-5-8-11-14-18-25-32-41(33-26-19-15-12-9-6-2)34-27-20-16-22-29-37-44(39-36-43-4)38-30-23-17-21-28-35-42(45)46-40-31-24-13-10-7-3/h41,43H,5-40H2,1-4H3. The number of ether oxygens (including phenoxy) is 1. The van der Waals surface area contributed by atoms with Crippen LogP contribution in [-0.2, 0) is 9.53 Å². The molecule has 0 aromatic carbocycles. The van der Waals surface area contributed by atoms with Gasteiger partial charge in [-0.1, -0.05) is 188 Å². The summed E-state index contributed by atoms with van der Waals surface area (Å²) in [6.07, 6.45) is 41.3. The van der Waals surface area contributed by atoms with Crippen LogP contribution < -0.4 is 5.32 Å². The summed E-state index contributed by atoms with van der Waals surface area (Å²) in [6.45, 7) is 12.2. The number of carbonyl (C=O) groups is 1. The van der Waals surface area contributed by atoms with Gasteiger partial charge in [0.1, 0.15) is 0 Å². The van der Waals surface area contributed by atoms with Gasteiger partial charge in [-0.05, 0) is 51.7 Å². The van der Waals surface area contributed by atoms with Crippen LogP contribution in [0.25, 0.3) is 0 Å². The van der Waals surface area contributed by atoms with Gasteiger partial charge in [-0.2, -0.15) is 0 Å². The van der Waals surface area contributed by atoms with Gasteiger partial charge in [-0.25, -0.2) is 0 Å². The van der Waals surface area contributed by atoms with E-state index >= 15 is 0 Å². The predicted molar refractivity (Wildman–Crippen MR) is 205 cm³/mol. The molecule has 0 aromatic heterocycles. The molecule has 0 heterocycles. The molecule has 0 aliphatic rings. The number of nitrogens with zero attached hydrogens (tertiary/aromatic N) is 1. The smallest absolute Gasteiger partial charge is 0.305 e. The molecule has 1 N–H and O–H groups in total. The number of likely N-dealkylation sites (N-methyl/N-ethyl adjacent to an activating group) is 1. The second kappa shape index (κ2) is 38.8. The van der Waals surface area contributed by atoms with Gasteiger partial charge in [-0.3, -0.25) is 4.79 Å². The van der Waals surface area contributed by atoms with Crippen LogP contribution in [0.2, 0.25) is 0 Å². The van der Waals surface area contributed by atoms with Gasteiger partial charge in [0.05, 0.1) is 6.61 Å². The number of unbranched alkanes of at least 4 members (excludes halogenated alkanes) is 22. The Kier molecular flexibility index (Phi) is 38.3. The summed E-state index contributed by atoms with van der Waals surface area (Å²) in [4.78, 5) is 14.6. The van der Waals surface area contributed by atoms with Gasteiger partial charge in [0.15, 0.2) is 0 Å². The highest BCUT2D eigenvalue weighted by atomic mass is 16.5. The normalized spacial score (nSPS) is 11.7. The number of rotatable bonds is 39. The third-order valence-electron chi connectivity index (χ3n) is 10.1. The number of hydrogen-bond acceptors (Lipinski definition) is 4. The summed E-state index contributed by atoms with van der Waals surface area (Å²) in [7, 11) is 2.07. The second-order valence-corrected chi connectivity index (χ2v) is 14.6. The van der Waals surface area contributed by atoms with Crippen LogP contribution >= 0.6 is 0 Å². The maximum absolute atomic E-state index is 11.9. The van der Waals surface area contributed by atoms with Gasteiger partial charge in [0.25, 0.3) is 0 Å². The van der Waals surface area contributed by atoms with Crippen LogP contribution in [0, 0.1) is 5.92 Å². The number of nitrogens with one attached hydrogen (secondary N) is 1. The fourth-order valence-corrected chi connectivity index (χ4v) is 6.86. The molecule has 0 saturated carbocycles. The Morgan fingerprint density at radius 2 is 0.891 bits per heavy atom. The first-order valence-electron chi connectivity index (χ1n) is 21.2. The van der Waals surface area contributed by atoms with Crippen LogP contribution in [0.4, 0.5) is 0 Å². The summed E-state index contributed by atoms with van der Waals surface area (Å²) >= 11 is 0. The van der Waals surface area contributed by atoms with E-state index in [4.69, 9.17) is 4.74 Å². The van der Waals surface area contributed by atoms with Crippen LogP contribution in [0.3, 0.4) is 0 Å². The first-order chi connectivity index (χ1) is 22.7. The summed E-state index contributed by atoms with van der Waals surface area (Å²) in [5.41, 5.74) is 0. The maximum Gasteiger partial charge on any atom is 0.305 e. The Morgan fingerprint density at radius 1 is 0.500 bits per heavy atom. The van der Waals surface area contributed by atoms with Crippen molar-refractivity contribution in [2.75, 3.05) is 39.8 Å². The number of carbonyl (C=O) groups excluding carboxylic acids is 1. The van der Waals surface area contributed by atoms with E-state index < -0.39 is 0 Å². The zero-order valence-electron chi connectivity index (χ0n) is 32.3. The van der Waals surface area contributed by atoms with E-state index in [1.807, 2.05) is 0 Å². The van der Waals surface area contributed by atoms with Crippen LogP contribution in [0.5, 0.6) is 0 Å². The molecule has 0 spiro atoms. The summed E-state index contributed by atoms with van der Waals surface area (Å²) in [6, 6.07) is 0. The van der Waals surface area contributed by atoms with E-state index in [2.05, 4.69) is 38.0 Å². The molecule has 0 aliphatic heterocycles. The van der Waals surface area contributed by atoms with E-state index in [9.17, 15) is 4.79 Å². The Bertz CT molecular complexity index is 568. The lowest BCUT2D eigenvalue weighted by Gasteiger charge is -2.22. The minimum absolute atomic E-state index is 0.00915. The minimum atomic E-state index is 0.00915. The maximum atomic E-state index is 11.9. The lowest BCUT2D eigenvalue weighted by atomic mass is 9.89. The first kappa shape index (κ1) is 45.4. The zero-order chi connectivity index (χ0) is 33.6. The molecule has 0 saturated heterocycles. The van der Waals surface area contributed by atoms with Gasteiger partial charge < -0.3 is 15.0 Å². The third-order valence-corrected chi connectivity index (χ3v) is 10.1. The van der Waals surface area contributed by atoms with Crippen LogP contribution in [-0.4, -0.2) is 50.7 Å². The Balaban J connectivity index is 4.00.